The number of fused-ring (bicyclic) bond motifs is 1. The Hall–Kier alpha value is 0.310. The smallest absolute Gasteiger partial charge is 0.744 e. The second-order valence-electron chi connectivity index (χ2n) is 11.5. The van der Waals surface area contributed by atoms with Gasteiger partial charge in [0.15, 0.2) is 37.7 Å². The minimum absolute atomic E-state index is 0. The molecule has 0 aromatic heterocycles. The molecule has 38 heteroatoms. The number of carbonyl (C=O) groups is 1. The quantitative estimate of drug-likeness (QED) is 0.00849. The van der Waals surface area contributed by atoms with Gasteiger partial charge in [-0.15, -0.1) is 24.8 Å². The number of ether oxygens (including phenoxy) is 1. The summed E-state index contributed by atoms with van der Waals surface area (Å²) in [5, 5.41) is 64.5. The molecule has 0 unspecified atom stereocenters. The zero-order chi connectivity index (χ0) is 46.2. The van der Waals surface area contributed by atoms with Crippen LogP contribution in [0.2, 0.25) is 0 Å². The van der Waals surface area contributed by atoms with Crippen LogP contribution in [0, 0.1) is 6.92 Å². The van der Waals surface area contributed by atoms with Gasteiger partial charge in [0.05, 0.1) is 86.2 Å². The van der Waals surface area contributed by atoms with Gasteiger partial charge in [-0.2, -0.15) is 4.33 Å². The number of aryl methyl sites for hydroxylation is 1. The monoisotopic (exact) mass is 1120 g/mol. The number of phenolic OH excluding ortho intramolecular Hbond substituents is 1. The van der Waals surface area contributed by atoms with Gasteiger partial charge in [-0.1, -0.05) is 7.43 Å². The fourth-order valence-electron chi connectivity index (χ4n) is 5.09. The van der Waals surface area contributed by atoms with Gasteiger partial charge in [-0.25, -0.2) is 33.7 Å². The maximum Gasteiger partial charge on any atom is 1.00 e. The molecule has 0 aliphatic heterocycles. The average Bonchev–Trinajstić information content (AvgIpc) is 3.18. The van der Waals surface area contributed by atoms with Gasteiger partial charge in [0.25, 0.3) is 0 Å². The average molecular weight is 1120 g/mol. The molecular weight excluding hydrogens is 1090 g/mol. The molecule has 4 aromatic rings. The van der Waals surface area contributed by atoms with Crippen LogP contribution in [0.1, 0.15) is 23.3 Å². The van der Waals surface area contributed by atoms with Crippen molar-refractivity contribution < 1.29 is 248 Å². The van der Waals surface area contributed by atoms with Crippen LogP contribution in [0.15, 0.2) is 82.5 Å². The van der Waals surface area contributed by atoms with Crippen LogP contribution < -0.4 is 174 Å². The molecule has 0 aliphatic carbocycles. The number of hydrogen-bond acceptors (Lipinski definition) is 29. The van der Waals surface area contributed by atoms with Crippen molar-refractivity contribution in [2.75, 3.05) is 37.6 Å². The van der Waals surface area contributed by atoms with Gasteiger partial charge in [0, 0.05) is 17.0 Å². The van der Waals surface area contributed by atoms with Crippen LogP contribution >= 0.6 is 24.4 Å². The summed E-state index contributed by atoms with van der Waals surface area (Å²) in [7, 11) is -18.2. The number of carboxylic acid groups (broad SMARTS) is 1. The molecule has 27 nitrogen and oxygen atoms in total. The number of azo groups is 2. The Morgan fingerprint density at radius 1 is 0.765 bits per heavy atom. The summed E-state index contributed by atoms with van der Waals surface area (Å²) >= 11 is 0.0308. The molecule has 4 aromatic carbocycles. The maximum atomic E-state index is 12.9. The molecule has 0 amide bonds. The summed E-state index contributed by atoms with van der Waals surface area (Å²) in [4.78, 5) is 9.51. The van der Waals surface area contributed by atoms with Gasteiger partial charge in [-0.05, 0) is 48.9 Å². The first-order valence-electron chi connectivity index (χ1n) is 15.8. The topological polar surface area (TPSA) is 429 Å². The van der Waals surface area contributed by atoms with E-state index in [1.807, 2.05) is 0 Å². The van der Waals surface area contributed by atoms with E-state index in [1.165, 1.54) is 6.92 Å². The van der Waals surface area contributed by atoms with Gasteiger partial charge < -0.3 is 45.1 Å². The van der Waals surface area contributed by atoms with Gasteiger partial charge in [0.1, 0.15) is 32.9 Å². The molecule has 0 atom stereocenters. The summed E-state index contributed by atoms with van der Waals surface area (Å²) in [6, 6.07) is 6.01. The minimum atomic E-state index is -5.50. The molecule has 68 heavy (non-hydrogen) atoms. The summed E-state index contributed by atoms with van der Waals surface area (Å²) in [5.41, 5.74) is 2.69. The molecule has 0 spiro atoms. The van der Waals surface area contributed by atoms with Gasteiger partial charge >= 0.3 is 148 Å². The van der Waals surface area contributed by atoms with Crippen LogP contribution in [0.5, 0.6) is 11.5 Å². The molecule has 0 fully saturated rings. The number of anilines is 1. The van der Waals surface area contributed by atoms with Crippen LogP contribution in [0.25, 0.3) is 10.8 Å². The van der Waals surface area contributed by atoms with E-state index < -0.39 is 135 Å². The number of phenols is 1. The number of benzene rings is 4. The SMILES string of the molecule is C.COc1cc(S(=O)(=O)CCOS(=O)(=O)[O-])c(C)cc1N=Nc1cc(S(=O)(=O)[O-])c2cc(SOO[O-])c(N=Nc3ccc(S(=O)(=O)CCOSOO[O-])cc3C(=O)[O-])c(O)c2c1N.[Na+].[Na+].[Na+].[Na+].[Na+]. The Balaban J connectivity index is -0.00000704. The van der Waals surface area contributed by atoms with Crippen LogP contribution in [-0.2, 0) is 67.3 Å². The molecule has 346 valence electrons. The van der Waals surface area contributed by atoms with E-state index in [4.69, 9.17) is 10.5 Å². The van der Waals surface area contributed by atoms with E-state index in [-0.39, 0.29) is 197 Å². The number of aromatic hydroxyl groups is 1. The fraction of sp³-hybridized carbons (Fsp3) is 0.233. The van der Waals surface area contributed by atoms with Gasteiger partial charge in [-0.3, -0.25) is 18.4 Å². The number of nitrogens with two attached hydrogens (primary N) is 1. The molecular formula is C30H28N5Na5O22S6. The molecule has 0 aliphatic rings. The van der Waals surface area contributed by atoms with E-state index in [1.54, 1.807) is 0 Å². The summed E-state index contributed by atoms with van der Waals surface area (Å²) in [5.74, 6) is -5.00. The Morgan fingerprint density at radius 2 is 1.35 bits per heavy atom. The molecule has 3 N–H and O–H groups in total. The van der Waals surface area contributed by atoms with Crippen molar-refractivity contribution in [1.82, 2.24) is 0 Å². The number of carbonyl (C=O) groups excluding carboxylic acids is 1. The van der Waals surface area contributed by atoms with E-state index in [9.17, 15) is 68.3 Å². The Bertz CT molecular complexity index is 2900. The molecule has 4 rings (SSSR count). The third-order valence-electron chi connectivity index (χ3n) is 7.74. The summed E-state index contributed by atoms with van der Waals surface area (Å²) < 4.78 is 143. The minimum Gasteiger partial charge on any atom is -0.744 e. The first kappa shape index (κ1) is 72.6. The Labute approximate surface area is 507 Å². The van der Waals surface area contributed by atoms with Crippen LogP contribution in [0.4, 0.5) is 28.4 Å². The van der Waals surface area contributed by atoms with Crippen molar-refractivity contribution >= 4 is 110 Å². The normalized spacial score (nSPS) is 11.7. The number of sulfone groups is 2. The van der Waals surface area contributed by atoms with Crippen molar-refractivity contribution in [3.05, 3.63) is 53.6 Å². The zero-order valence-corrected chi connectivity index (χ0v) is 50.6. The summed E-state index contributed by atoms with van der Waals surface area (Å²) in [6.45, 7) is -0.258. The van der Waals surface area contributed by atoms with E-state index >= 15 is 0 Å². The second-order valence-corrected chi connectivity index (χ2v) is 19.4. The van der Waals surface area contributed by atoms with Gasteiger partial charge in [0.2, 0.25) is 10.4 Å². The number of nitrogen functional groups attached to an aromatic ring is 1. The van der Waals surface area contributed by atoms with E-state index in [0.29, 0.717) is 12.1 Å². The molecule has 0 radical (unpaired) electrons. The maximum absolute atomic E-state index is 12.9. The van der Waals surface area contributed by atoms with E-state index in [0.717, 1.165) is 37.4 Å². The number of aromatic carboxylic acids is 1. The van der Waals surface area contributed by atoms with Crippen molar-refractivity contribution in [3.63, 3.8) is 0 Å². The number of nitrogens with zero attached hydrogens (tertiary/aromatic N) is 4. The van der Waals surface area contributed by atoms with Crippen molar-refractivity contribution in [2.45, 2.75) is 33.9 Å². The fourth-order valence-corrected chi connectivity index (χ4v) is 9.44. The number of rotatable bonds is 22. The largest absolute Gasteiger partial charge is 1.00 e. The first-order valence-corrected chi connectivity index (χ1v) is 23.3. The van der Waals surface area contributed by atoms with Crippen molar-refractivity contribution in [1.29, 1.82) is 0 Å². The van der Waals surface area contributed by atoms with Crippen LogP contribution in [0.3, 0.4) is 0 Å². The zero-order valence-electron chi connectivity index (χ0n) is 35.7. The predicted molar refractivity (Wildman–Crippen MR) is 205 cm³/mol. The third kappa shape index (κ3) is 19.9. The van der Waals surface area contributed by atoms with Crippen LogP contribution in [-0.4, -0.2) is 85.7 Å². The molecule has 0 bridgehead atoms. The Morgan fingerprint density at radius 3 is 1.91 bits per heavy atom. The standard InChI is InChI=1S/C29H29N5O22S6.CH4.5Na/c1-14-9-19(21(50-2)13-23(14)60(42,43)8-6-52-62(47,48)49)32-33-20-12-24(61(44,45)46)17-11-22(57-55-53-38)27(28(35)25(17)26(20)30)34-31-18-4-3-15(10-16(18)29(36)37)59(40,41)7-5-51-58-56-54-39;;;;;;/h3-4,9-13,35,38-39H,5-8,30H2,1-2H3,(H,36,37)(H,44,45,46)(H,47,48,49);1H4;;;;;/q;;5*+1/p-5. The van der Waals surface area contributed by atoms with Crippen molar-refractivity contribution in [3.8, 4) is 11.5 Å². The molecule has 0 heterocycles. The Kier molecular flexibility index (Phi) is 34.0. The van der Waals surface area contributed by atoms with E-state index in [2.05, 4.69) is 47.6 Å². The molecule has 0 saturated carbocycles. The number of methoxy groups -OCH3 is 1. The number of hydrogen-bond donors (Lipinski definition) is 2. The summed E-state index contributed by atoms with van der Waals surface area (Å²) in [6.07, 6.45) is 0. The second kappa shape index (κ2) is 31.9. The number of carboxylic acids is 1. The predicted octanol–water partition coefficient (Wildman–Crippen LogP) is -13.7. The third-order valence-corrected chi connectivity index (χ3v) is 13.5. The molecule has 0 saturated heterocycles. The first-order chi connectivity index (χ1) is 28.9. The van der Waals surface area contributed by atoms with Crippen molar-refractivity contribution in [2.24, 2.45) is 20.5 Å².